The van der Waals surface area contributed by atoms with Crippen LogP contribution in [0.2, 0.25) is 0 Å². The van der Waals surface area contributed by atoms with E-state index in [1.54, 1.807) is 6.07 Å². The summed E-state index contributed by atoms with van der Waals surface area (Å²) in [4.78, 5) is 13.5. The lowest BCUT2D eigenvalue weighted by atomic mass is 10.2. The third kappa shape index (κ3) is 2.85. The molecule has 2 heterocycles. The maximum atomic E-state index is 11.4. The highest BCUT2D eigenvalue weighted by Crippen LogP contribution is 2.21. The van der Waals surface area contributed by atoms with Gasteiger partial charge in [0, 0.05) is 35.1 Å². The molecule has 0 saturated carbocycles. The highest BCUT2D eigenvalue weighted by atomic mass is 35.7. The van der Waals surface area contributed by atoms with Gasteiger partial charge in [-0.15, -0.1) is 10.2 Å². The van der Waals surface area contributed by atoms with Crippen LogP contribution >= 0.6 is 10.7 Å². The number of aromatic nitrogens is 4. The van der Waals surface area contributed by atoms with Crippen LogP contribution < -0.4 is 5.56 Å². The van der Waals surface area contributed by atoms with Gasteiger partial charge in [-0.3, -0.25) is 9.36 Å². The summed E-state index contributed by atoms with van der Waals surface area (Å²) in [5.74, 6) is 0.345. The van der Waals surface area contributed by atoms with Crippen molar-refractivity contribution in [3.8, 4) is 11.4 Å². The van der Waals surface area contributed by atoms with E-state index in [9.17, 15) is 13.2 Å². The number of nitrogens with zero attached hydrogens (tertiary/aromatic N) is 3. The van der Waals surface area contributed by atoms with E-state index in [0.717, 1.165) is 0 Å². The molecule has 7 nitrogen and oxygen atoms in total. The molecule has 102 valence electrons. The third-order valence-electron chi connectivity index (χ3n) is 2.42. The molecule has 0 aromatic carbocycles. The summed E-state index contributed by atoms with van der Waals surface area (Å²) in [6.45, 7) is 2.30. The Kier molecular flexibility index (Phi) is 3.72. The molecule has 0 radical (unpaired) electrons. The molecule has 0 unspecified atom stereocenters. The molecule has 0 aliphatic carbocycles. The zero-order chi connectivity index (χ0) is 14.0. The van der Waals surface area contributed by atoms with E-state index in [0.29, 0.717) is 24.4 Å². The number of pyridine rings is 1. The maximum absolute atomic E-state index is 11.4. The summed E-state index contributed by atoms with van der Waals surface area (Å²) >= 11 is 0. The minimum atomic E-state index is -3.96. The van der Waals surface area contributed by atoms with Gasteiger partial charge in [-0.1, -0.05) is 6.92 Å². The van der Waals surface area contributed by atoms with Crippen molar-refractivity contribution in [2.75, 3.05) is 0 Å². The summed E-state index contributed by atoms with van der Waals surface area (Å²) in [5, 5.41) is 7.14. The summed E-state index contributed by atoms with van der Waals surface area (Å²) in [7, 11) is 1.36. The highest BCUT2D eigenvalue weighted by molar-refractivity contribution is 8.13. The second kappa shape index (κ2) is 5.14. The van der Waals surface area contributed by atoms with Crippen molar-refractivity contribution in [3.05, 3.63) is 28.7 Å². The van der Waals surface area contributed by atoms with Crippen LogP contribution in [0.3, 0.4) is 0 Å². The molecule has 2 aromatic heterocycles. The Balaban J connectivity index is 2.61. The van der Waals surface area contributed by atoms with Crippen molar-refractivity contribution in [1.82, 2.24) is 19.7 Å². The first-order valence-corrected chi connectivity index (χ1v) is 7.81. The Morgan fingerprint density at radius 1 is 1.37 bits per heavy atom. The smallest absolute Gasteiger partial charge is 0.296 e. The SMILES string of the molecule is CCCn1c(-c2ccc(=O)[nH]c2)nnc1S(=O)(=O)Cl. The van der Waals surface area contributed by atoms with Crippen LogP contribution in [0.15, 0.2) is 28.3 Å². The highest BCUT2D eigenvalue weighted by Gasteiger charge is 2.22. The quantitative estimate of drug-likeness (QED) is 0.849. The monoisotopic (exact) mass is 302 g/mol. The van der Waals surface area contributed by atoms with Gasteiger partial charge in [-0.05, 0) is 12.5 Å². The van der Waals surface area contributed by atoms with Gasteiger partial charge >= 0.3 is 0 Å². The van der Waals surface area contributed by atoms with Gasteiger partial charge in [0.05, 0.1) is 0 Å². The van der Waals surface area contributed by atoms with Crippen LogP contribution in [0, 0.1) is 0 Å². The van der Waals surface area contributed by atoms with Crippen LogP contribution in [0.4, 0.5) is 0 Å². The number of rotatable bonds is 4. The van der Waals surface area contributed by atoms with Crippen LogP contribution in [0.5, 0.6) is 0 Å². The molecule has 0 amide bonds. The molecule has 19 heavy (non-hydrogen) atoms. The molecule has 0 bridgehead atoms. The first kappa shape index (κ1) is 13.8. The zero-order valence-corrected chi connectivity index (χ0v) is 11.6. The molecule has 2 rings (SSSR count). The van der Waals surface area contributed by atoms with Crippen molar-refractivity contribution in [2.45, 2.75) is 25.0 Å². The molecule has 0 fully saturated rings. The predicted octanol–water partition coefficient (Wildman–Crippen LogP) is 0.971. The number of halogens is 1. The van der Waals surface area contributed by atoms with Crippen molar-refractivity contribution in [3.63, 3.8) is 0 Å². The fourth-order valence-electron chi connectivity index (χ4n) is 1.66. The fourth-order valence-corrected chi connectivity index (χ4v) is 2.58. The zero-order valence-electron chi connectivity index (χ0n) is 10.00. The lowest BCUT2D eigenvalue weighted by Crippen LogP contribution is -2.08. The normalized spacial score (nSPS) is 11.7. The lowest BCUT2D eigenvalue weighted by molar-refractivity contribution is 0.570. The molecule has 0 atom stereocenters. The summed E-state index contributed by atoms with van der Waals surface area (Å²) < 4.78 is 24.2. The van der Waals surface area contributed by atoms with Gasteiger partial charge in [-0.2, -0.15) is 0 Å². The Labute approximate surface area is 113 Å². The van der Waals surface area contributed by atoms with Crippen molar-refractivity contribution in [1.29, 1.82) is 0 Å². The molecular weight excluding hydrogens is 292 g/mol. The van der Waals surface area contributed by atoms with E-state index >= 15 is 0 Å². The first-order chi connectivity index (χ1) is 8.93. The van der Waals surface area contributed by atoms with Gasteiger partial charge in [0.15, 0.2) is 5.82 Å². The van der Waals surface area contributed by atoms with E-state index in [1.165, 1.54) is 16.8 Å². The van der Waals surface area contributed by atoms with Gasteiger partial charge in [-0.25, -0.2) is 8.42 Å². The molecule has 9 heteroatoms. The largest absolute Gasteiger partial charge is 0.328 e. The Morgan fingerprint density at radius 2 is 2.11 bits per heavy atom. The van der Waals surface area contributed by atoms with Crippen LogP contribution in [-0.2, 0) is 15.6 Å². The van der Waals surface area contributed by atoms with Crippen molar-refractivity contribution >= 4 is 19.7 Å². The van der Waals surface area contributed by atoms with Crippen molar-refractivity contribution in [2.24, 2.45) is 0 Å². The van der Waals surface area contributed by atoms with E-state index in [4.69, 9.17) is 10.7 Å². The standard InChI is InChI=1S/C10H11ClN4O3S/c1-2-5-15-9(7-3-4-8(16)12-6-7)13-14-10(15)19(11,17)18/h3-4,6H,2,5H2,1H3,(H,12,16). The van der Waals surface area contributed by atoms with Gasteiger partial charge in [0.25, 0.3) is 14.2 Å². The van der Waals surface area contributed by atoms with Crippen LogP contribution in [0.1, 0.15) is 13.3 Å². The van der Waals surface area contributed by atoms with E-state index in [-0.39, 0.29) is 10.7 Å². The molecule has 0 aliphatic heterocycles. The molecular formula is C10H11ClN4O3S. The van der Waals surface area contributed by atoms with E-state index < -0.39 is 9.05 Å². The average Bonchev–Trinajstić information content (AvgIpc) is 2.74. The van der Waals surface area contributed by atoms with Crippen LogP contribution in [-0.4, -0.2) is 28.2 Å². The molecule has 1 N–H and O–H groups in total. The summed E-state index contributed by atoms with van der Waals surface area (Å²) in [5.41, 5.74) is 0.308. The summed E-state index contributed by atoms with van der Waals surface area (Å²) in [6, 6.07) is 2.87. The number of hydrogen-bond acceptors (Lipinski definition) is 5. The van der Waals surface area contributed by atoms with Gasteiger partial charge in [0.2, 0.25) is 5.56 Å². The minimum Gasteiger partial charge on any atom is -0.328 e. The molecule has 2 aromatic rings. The fraction of sp³-hybridized carbons (Fsp3) is 0.300. The Hall–Kier alpha value is -1.67. The topological polar surface area (TPSA) is 97.7 Å². The maximum Gasteiger partial charge on any atom is 0.296 e. The Bertz CT molecular complexity index is 730. The van der Waals surface area contributed by atoms with Gasteiger partial charge in [0.1, 0.15) is 0 Å². The second-order valence-electron chi connectivity index (χ2n) is 3.84. The van der Waals surface area contributed by atoms with E-state index in [2.05, 4.69) is 15.2 Å². The molecule has 0 spiro atoms. The number of H-pyrrole nitrogens is 1. The van der Waals surface area contributed by atoms with E-state index in [1.807, 2.05) is 6.92 Å². The predicted molar refractivity (Wildman–Crippen MR) is 69.4 cm³/mol. The molecule has 0 saturated heterocycles. The Morgan fingerprint density at radius 3 is 2.63 bits per heavy atom. The van der Waals surface area contributed by atoms with Gasteiger partial charge < -0.3 is 4.98 Å². The number of nitrogens with one attached hydrogen (secondary N) is 1. The average molecular weight is 303 g/mol. The van der Waals surface area contributed by atoms with Crippen LogP contribution in [0.25, 0.3) is 11.4 Å². The number of hydrogen-bond donors (Lipinski definition) is 1. The lowest BCUT2D eigenvalue weighted by Gasteiger charge is -2.06. The third-order valence-corrected chi connectivity index (χ3v) is 3.58. The first-order valence-electron chi connectivity index (χ1n) is 5.50. The minimum absolute atomic E-state index is 0.254. The summed E-state index contributed by atoms with van der Waals surface area (Å²) in [6.07, 6.45) is 2.14. The second-order valence-corrected chi connectivity index (χ2v) is 6.30. The number of aromatic amines is 1. The van der Waals surface area contributed by atoms with Crippen molar-refractivity contribution < 1.29 is 8.42 Å². The molecule has 0 aliphatic rings.